The van der Waals surface area contributed by atoms with Gasteiger partial charge in [0.25, 0.3) is 5.91 Å². The highest BCUT2D eigenvalue weighted by Crippen LogP contribution is 2.22. The van der Waals surface area contributed by atoms with Crippen LogP contribution in [0.2, 0.25) is 5.02 Å². The van der Waals surface area contributed by atoms with Crippen molar-refractivity contribution in [1.29, 1.82) is 0 Å². The average Bonchev–Trinajstić information content (AvgIpc) is 2.85. The highest BCUT2D eigenvalue weighted by atomic mass is 35.5. The minimum atomic E-state index is -0.570. The summed E-state index contributed by atoms with van der Waals surface area (Å²) in [7, 11) is 0. The molecule has 0 aliphatic carbocycles. The number of hydrogen-bond donors (Lipinski definition) is 2. The molecule has 0 radical (unpaired) electrons. The number of carbonyl (C=O) groups excluding carboxylic acids is 3. The van der Waals surface area contributed by atoms with Crippen LogP contribution in [0.25, 0.3) is 6.08 Å². The van der Waals surface area contributed by atoms with Crippen molar-refractivity contribution >= 4 is 47.4 Å². The molecular weight excluding hydrogens is 466 g/mol. The van der Waals surface area contributed by atoms with E-state index in [1.807, 2.05) is 30.3 Å². The summed E-state index contributed by atoms with van der Waals surface area (Å²) < 4.78 is 5.40. The van der Waals surface area contributed by atoms with Crippen molar-refractivity contribution in [2.24, 2.45) is 11.0 Å². The summed E-state index contributed by atoms with van der Waals surface area (Å²) in [5.74, 6) is -1.04. The van der Waals surface area contributed by atoms with E-state index in [1.54, 1.807) is 62.4 Å². The summed E-state index contributed by atoms with van der Waals surface area (Å²) in [6, 6.07) is 20.5. The van der Waals surface area contributed by atoms with Gasteiger partial charge in [0, 0.05) is 33.8 Å². The molecule has 0 saturated heterocycles. The van der Waals surface area contributed by atoms with E-state index in [4.69, 9.17) is 16.3 Å². The standard InChI is InChI=1S/C27H24ClN3O4/c1-18(2)26(33)30-23-12-9-20(10-13-23)27(34)31-29-17-21-16-22(28)11-14-24(21)35-25(32)15-8-19-6-4-3-5-7-19/h3-18H,1-2H3,(H,30,33)(H,31,34)/b15-8+,29-17+. The van der Waals surface area contributed by atoms with Gasteiger partial charge in [-0.25, -0.2) is 10.2 Å². The van der Waals surface area contributed by atoms with E-state index < -0.39 is 11.9 Å². The first-order valence-electron chi connectivity index (χ1n) is 10.8. The van der Waals surface area contributed by atoms with Gasteiger partial charge in [0.2, 0.25) is 5.91 Å². The first kappa shape index (κ1) is 25.4. The molecule has 0 aliphatic heterocycles. The minimum Gasteiger partial charge on any atom is -0.423 e. The third-order valence-electron chi connectivity index (χ3n) is 4.70. The lowest BCUT2D eigenvalue weighted by Gasteiger charge is -2.08. The molecule has 0 aliphatic rings. The van der Waals surface area contributed by atoms with Crippen molar-refractivity contribution in [1.82, 2.24) is 5.43 Å². The Hall–Kier alpha value is -4.23. The second-order valence-corrected chi connectivity index (χ2v) is 8.20. The van der Waals surface area contributed by atoms with Crippen LogP contribution >= 0.6 is 11.6 Å². The Balaban J connectivity index is 1.63. The monoisotopic (exact) mass is 489 g/mol. The molecule has 0 heterocycles. The number of nitrogens with zero attached hydrogens (tertiary/aromatic N) is 1. The van der Waals surface area contributed by atoms with Crippen LogP contribution in [0, 0.1) is 5.92 Å². The van der Waals surface area contributed by atoms with Crippen molar-refractivity contribution in [3.8, 4) is 5.75 Å². The zero-order valence-electron chi connectivity index (χ0n) is 19.2. The molecule has 0 fully saturated rings. The van der Waals surface area contributed by atoms with E-state index in [1.165, 1.54) is 12.3 Å². The SMILES string of the molecule is CC(C)C(=O)Nc1ccc(C(=O)N/N=C/c2cc(Cl)ccc2OC(=O)/C=C/c2ccccc2)cc1. The van der Waals surface area contributed by atoms with Gasteiger partial charge in [0.15, 0.2) is 0 Å². The van der Waals surface area contributed by atoms with Crippen molar-refractivity contribution in [3.63, 3.8) is 0 Å². The normalized spacial score (nSPS) is 11.1. The van der Waals surface area contributed by atoms with Crippen LogP contribution in [0.4, 0.5) is 5.69 Å². The third-order valence-corrected chi connectivity index (χ3v) is 4.94. The maximum atomic E-state index is 12.4. The van der Waals surface area contributed by atoms with Gasteiger partial charge >= 0.3 is 5.97 Å². The molecule has 2 N–H and O–H groups in total. The van der Waals surface area contributed by atoms with Gasteiger partial charge in [0.1, 0.15) is 5.75 Å². The first-order chi connectivity index (χ1) is 16.8. The van der Waals surface area contributed by atoms with Gasteiger partial charge in [-0.15, -0.1) is 0 Å². The molecule has 8 heteroatoms. The maximum Gasteiger partial charge on any atom is 0.336 e. The number of hydrazone groups is 1. The molecule has 3 aromatic carbocycles. The molecule has 0 aromatic heterocycles. The Morgan fingerprint density at radius 1 is 0.971 bits per heavy atom. The van der Waals surface area contributed by atoms with Gasteiger partial charge in [-0.05, 0) is 54.1 Å². The van der Waals surface area contributed by atoms with Gasteiger partial charge in [-0.1, -0.05) is 55.8 Å². The lowest BCUT2D eigenvalue weighted by molar-refractivity contribution is -0.129. The summed E-state index contributed by atoms with van der Waals surface area (Å²) >= 11 is 6.07. The highest BCUT2D eigenvalue weighted by molar-refractivity contribution is 6.31. The molecule has 3 aromatic rings. The Bertz CT molecular complexity index is 1250. The van der Waals surface area contributed by atoms with Crippen LogP contribution in [0.5, 0.6) is 5.75 Å². The molecule has 0 saturated carbocycles. The number of benzene rings is 3. The lowest BCUT2D eigenvalue weighted by Crippen LogP contribution is -2.19. The molecule has 3 rings (SSSR count). The third kappa shape index (κ3) is 7.94. The van der Waals surface area contributed by atoms with Crippen molar-refractivity contribution in [3.05, 3.63) is 101 Å². The number of amides is 2. The van der Waals surface area contributed by atoms with E-state index >= 15 is 0 Å². The van der Waals surface area contributed by atoms with Crippen LogP contribution in [0.3, 0.4) is 0 Å². The predicted octanol–water partition coefficient (Wildman–Crippen LogP) is 5.32. The molecule has 0 atom stereocenters. The quantitative estimate of drug-likeness (QED) is 0.147. The molecule has 0 bridgehead atoms. The highest BCUT2D eigenvalue weighted by Gasteiger charge is 2.10. The lowest BCUT2D eigenvalue weighted by atomic mass is 10.1. The van der Waals surface area contributed by atoms with Crippen LogP contribution in [-0.2, 0) is 9.59 Å². The van der Waals surface area contributed by atoms with Gasteiger partial charge in [-0.3, -0.25) is 9.59 Å². The number of hydrogen-bond acceptors (Lipinski definition) is 5. The zero-order valence-corrected chi connectivity index (χ0v) is 20.0. The number of esters is 1. The van der Waals surface area contributed by atoms with Gasteiger partial charge in [-0.2, -0.15) is 5.10 Å². The van der Waals surface area contributed by atoms with Crippen molar-refractivity contribution in [2.75, 3.05) is 5.32 Å². The second kappa shape index (κ2) is 12.3. The zero-order chi connectivity index (χ0) is 25.2. The number of halogens is 1. The Kier molecular flexibility index (Phi) is 8.92. The summed E-state index contributed by atoms with van der Waals surface area (Å²) in [5, 5.41) is 7.12. The van der Waals surface area contributed by atoms with Gasteiger partial charge in [0.05, 0.1) is 6.21 Å². The van der Waals surface area contributed by atoms with E-state index in [9.17, 15) is 14.4 Å². The number of ether oxygens (including phenoxy) is 1. The molecular formula is C27H24ClN3O4. The largest absolute Gasteiger partial charge is 0.423 e. The van der Waals surface area contributed by atoms with Crippen LogP contribution in [-0.4, -0.2) is 24.0 Å². The van der Waals surface area contributed by atoms with E-state index in [-0.39, 0.29) is 17.6 Å². The van der Waals surface area contributed by atoms with E-state index in [0.29, 0.717) is 21.8 Å². The molecule has 35 heavy (non-hydrogen) atoms. The molecule has 0 spiro atoms. The fraction of sp³-hybridized carbons (Fsp3) is 0.111. The minimum absolute atomic E-state index is 0.111. The average molecular weight is 490 g/mol. The number of anilines is 1. The fourth-order valence-corrected chi connectivity index (χ4v) is 2.98. The van der Waals surface area contributed by atoms with Crippen molar-refractivity contribution in [2.45, 2.75) is 13.8 Å². The van der Waals surface area contributed by atoms with Crippen LogP contribution in [0.1, 0.15) is 35.3 Å². The van der Waals surface area contributed by atoms with Crippen molar-refractivity contribution < 1.29 is 19.1 Å². The maximum absolute atomic E-state index is 12.4. The first-order valence-corrected chi connectivity index (χ1v) is 11.2. The number of carbonyl (C=O) groups is 3. The molecule has 2 amide bonds. The predicted molar refractivity (Wildman–Crippen MR) is 138 cm³/mol. The van der Waals surface area contributed by atoms with E-state index in [0.717, 1.165) is 5.56 Å². The summed E-state index contributed by atoms with van der Waals surface area (Å²) in [6.07, 6.45) is 4.30. The van der Waals surface area contributed by atoms with Gasteiger partial charge < -0.3 is 10.1 Å². The smallest absolute Gasteiger partial charge is 0.336 e. The summed E-state index contributed by atoms with van der Waals surface area (Å²) in [5.41, 5.74) is 4.64. The second-order valence-electron chi connectivity index (χ2n) is 7.77. The Morgan fingerprint density at radius 3 is 2.37 bits per heavy atom. The number of rotatable bonds is 8. The topological polar surface area (TPSA) is 96.9 Å². The van der Waals surface area contributed by atoms with Crippen LogP contribution in [0.15, 0.2) is 84.0 Å². The summed E-state index contributed by atoms with van der Waals surface area (Å²) in [6.45, 7) is 3.59. The fourth-order valence-electron chi connectivity index (χ4n) is 2.80. The Labute approximate surface area is 208 Å². The number of nitrogens with one attached hydrogen (secondary N) is 2. The van der Waals surface area contributed by atoms with Crippen LogP contribution < -0.4 is 15.5 Å². The molecule has 7 nitrogen and oxygen atoms in total. The van der Waals surface area contributed by atoms with E-state index in [2.05, 4.69) is 15.8 Å². The summed E-state index contributed by atoms with van der Waals surface area (Å²) in [4.78, 5) is 36.4. The Morgan fingerprint density at radius 2 is 1.69 bits per heavy atom. The molecule has 0 unspecified atom stereocenters. The molecule has 178 valence electrons.